The molecule has 23 heavy (non-hydrogen) atoms. The van der Waals surface area contributed by atoms with Crippen molar-refractivity contribution in [3.63, 3.8) is 0 Å². The van der Waals surface area contributed by atoms with Gasteiger partial charge in [-0.2, -0.15) is 0 Å². The van der Waals surface area contributed by atoms with Crippen LogP contribution in [0.2, 0.25) is 0 Å². The quantitative estimate of drug-likeness (QED) is 0.555. The van der Waals surface area contributed by atoms with Crippen LogP contribution >= 0.6 is 0 Å². The van der Waals surface area contributed by atoms with Crippen LogP contribution in [0.4, 0.5) is 5.69 Å². The number of methoxy groups -OCH3 is 1. The number of nitrogens with two attached hydrogens (primary N) is 2. The molecule has 6 heteroatoms. The summed E-state index contributed by atoms with van der Waals surface area (Å²) in [5.74, 6) is 5.31. The molecule has 2 rings (SSSR count). The van der Waals surface area contributed by atoms with Gasteiger partial charge in [0.1, 0.15) is 0 Å². The Hall–Kier alpha value is -2.36. The molecular weight excluding hydrogens is 294 g/mol. The van der Waals surface area contributed by atoms with E-state index >= 15 is 0 Å². The molecule has 1 aliphatic rings. The number of carbonyl (C=O) groups excluding carboxylic acids is 2. The standard InChI is InChI=1S/C17H21N3O3/c1-23-16(22)14-5-4-13(20-15(21)3-2-10-18)11-12(14)6-7-17(19)8-9-17/h4-5,11H,2-3,8-10,18-19H2,1H3,(H,20,21). The number of benzene rings is 1. The van der Waals surface area contributed by atoms with Crippen molar-refractivity contribution in [1.29, 1.82) is 0 Å². The van der Waals surface area contributed by atoms with Crippen molar-refractivity contribution in [1.82, 2.24) is 0 Å². The predicted molar refractivity (Wildman–Crippen MR) is 87.7 cm³/mol. The fraction of sp³-hybridized carbons (Fsp3) is 0.412. The molecule has 0 aromatic heterocycles. The van der Waals surface area contributed by atoms with E-state index in [1.807, 2.05) is 0 Å². The van der Waals surface area contributed by atoms with Gasteiger partial charge in [-0.1, -0.05) is 11.8 Å². The van der Waals surface area contributed by atoms with E-state index in [0.717, 1.165) is 12.8 Å². The van der Waals surface area contributed by atoms with Crippen LogP contribution in [-0.2, 0) is 9.53 Å². The zero-order valence-corrected chi connectivity index (χ0v) is 13.1. The first kappa shape index (κ1) is 17.0. The van der Waals surface area contributed by atoms with Gasteiger partial charge in [0.15, 0.2) is 0 Å². The molecule has 0 radical (unpaired) electrons. The van der Waals surface area contributed by atoms with Gasteiger partial charge in [0, 0.05) is 17.7 Å². The average Bonchev–Trinajstić information content (AvgIpc) is 3.28. The Morgan fingerprint density at radius 1 is 1.39 bits per heavy atom. The molecular formula is C17H21N3O3. The SMILES string of the molecule is COC(=O)c1ccc(NC(=O)CCCN)cc1C#CC1(N)CC1. The molecule has 1 fully saturated rings. The number of carbonyl (C=O) groups is 2. The molecule has 122 valence electrons. The van der Waals surface area contributed by atoms with Crippen LogP contribution in [0.1, 0.15) is 41.6 Å². The van der Waals surface area contributed by atoms with Gasteiger partial charge in [0.2, 0.25) is 5.91 Å². The monoisotopic (exact) mass is 315 g/mol. The fourth-order valence-corrected chi connectivity index (χ4v) is 1.95. The third kappa shape index (κ3) is 4.81. The van der Waals surface area contributed by atoms with E-state index in [9.17, 15) is 9.59 Å². The third-order valence-corrected chi connectivity index (χ3v) is 3.55. The van der Waals surface area contributed by atoms with Crippen molar-refractivity contribution in [3.05, 3.63) is 29.3 Å². The Labute approximate surface area is 135 Å². The highest BCUT2D eigenvalue weighted by molar-refractivity contribution is 5.95. The van der Waals surface area contributed by atoms with Gasteiger partial charge in [-0.05, 0) is 44.0 Å². The number of anilines is 1. The van der Waals surface area contributed by atoms with Gasteiger partial charge in [0.05, 0.1) is 18.2 Å². The summed E-state index contributed by atoms with van der Waals surface area (Å²) in [6.45, 7) is 0.462. The van der Waals surface area contributed by atoms with Gasteiger partial charge in [0.25, 0.3) is 0 Å². The highest BCUT2D eigenvalue weighted by Gasteiger charge is 2.36. The van der Waals surface area contributed by atoms with Gasteiger partial charge in [-0.25, -0.2) is 4.79 Å². The molecule has 6 nitrogen and oxygen atoms in total. The van der Waals surface area contributed by atoms with Gasteiger partial charge in [-0.15, -0.1) is 0 Å². The summed E-state index contributed by atoms with van der Waals surface area (Å²) < 4.78 is 4.76. The minimum atomic E-state index is -0.475. The summed E-state index contributed by atoms with van der Waals surface area (Å²) in [4.78, 5) is 23.6. The lowest BCUT2D eigenvalue weighted by Gasteiger charge is -2.08. The number of rotatable bonds is 5. The van der Waals surface area contributed by atoms with E-state index in [4.69, 9.17) is 16.2 Å². The molecule has 1 amide bonds. The second-order valence-corrected chi connectivity index (χ2v) is 5.60. The number of nitrogens with one attached hydrogen (secondary N) is 1. The molecule has 0 unspecified atom stereocenters. The van der Waals surface area contributed by atoms with E-state index < -0.39 is 11.5 Å². The summed E-state index contributed by atoms with van der Waals surface area (Å²) in [5.41, 5.74) is 12.3. The minimum Gasteiger partial charge on any atom is -0.465 e. The molecule has 0 bridgehead atoms. The largest absolute Gasteiger partial charge is 0.465 e. The van der Waals surface area contributed by atoms with E-state index in [0.29, 0.717) is 36.2 Å². The molecule has 0 atom stereocenters. The van der Waals surface area contributed by atoms with Crippen LogP contribution in [0.15, 0.2) is 18.2 Å². The molecule has 1 aromatic carbocycles. The number of ether oxygens (including phenoxy) is 1. The van der Waals surface area contributed by atoms with Crippen molar-refractivity contribution in [2.45, 2.75) is 31.2 Å². The van der Waals surface area contributed by atoms with Crippen molar-refractivity contribution in [2.24, 2.45) is 11.5 Å². The minimum absolute atomic E-state index is 0.127. The molecule has 1 aliphatic carbocycles. The first-order chi connectivity index (χ1) is 11.0. The maximum atomic E-state index is 11.8. The fourth-order valence-electron chi connectivity index (χ4n) is 1.95. The molecule has 5 N–H and O–H groups in total. The van der Waals surface area contributed by atoms with Crippen LogP contribution in [0.3, 0.4) is 0 Å². The zero-order valence-electron chi connectivity index (χ0n) is 13.1. The smallest absolute Gasteiger partial charge is 0.339 e. The summed E-state index contributed by atoms with van der Waals surface area (Å²) in [6, 6.07) is 4.89. The van der Waals surface area contributed by atoms with Crippen molar-refractivity contribution in [3.8, 4) is 11.8 Å². The zero-order chi connectivity index (χ0) is 16.9. The Kier molecular flexibility index (Phi) is 5.37. The first-order valence-corrected chi connectivity index (χ1v) is 7.52. The Morgan fingerprint density at radius 3 is 2.74 bits per heavy atom. The van der Waals surface area contributed by atoms with Crippen molar-refractivity contribution >= 4 is 17.6 Å². The number of esters is 1. The van der Waals surface area contributed by atoms with Crippen molar-refractivity contribution < 1.29 is 14.3 Å². The maximum absolute atomic E-state index is 11.8. The summed E-state index contributed by atoms with van der Waals surface area (Å²) in [5, 5.41) is 2.77. The Bertz CT molecular complexity index is 669. The lowest BCUT2D eigenvalue weighted by atomic mass is 10.1. The predicted octanol–water partition coefficient (Wildman–Crippen LogP) is 0.993. The highest BCUT2D eigenvalue weighted by Crippen LogP contribution is 2.31. The lowest BCUT2D eigenvalue weighted by molar-refractivity contribution is -0.116. The Balaban J connectivity index is 2.23. The molecule has 0 aliphatic heterocycles. The molecule has 0 heterocycles. The molecule has 0 spiro atoms. The molecule has 0 saturated heterocycles. The summed E-state index contributed by atoms with van der Waals surface area (Å²) >= 11 is 0. The van der Waals surface area contributed by atoms with Crippen LogP contribution in [-0.4, -0.2) is 31.1 Å². The average molecular weight is 315 g/mol. The number of amides is 1. The summed E-state index contributed by atoms with van der Waals surface area (Å²) in [6.07, 6.45) is 2.67. The van der Waals surface area contributed by atoms with Crippen LogP contribution < -0.4 is 16.8 Å². The summed E-state index contributed by atoms with van der Waals surface area (Å²) in [7, 11) is 1.31. The third-order valence-electron chi connectivity index (χ3n) is 3.55. The second-order valence-electron chi connectivity index (χ2n) is 5.60. The maximum Gasteiger partial charge on any atom is 0.339 e. The molecule has 1 saturated carbocycles. The topological polar surface area (TPSA) is 107 Å². The normalized spacial score (nSPS) is 14.4. The van der Waals surface area contributed by atoms with E-state index in [2.05, 4.69) is 17.2 Å². The van der Waals surface area contributed by atoms with Gasteiger partial charge in [-0.3, -0.25) is 4.79 Å². The lowest BCUT2D eigenvalue weighted by Crippen LogP contribution is -2.18. The van der Waals surface area contributed by atoms with E-state index in [1.165, 1.54) is 7.11 Å². The van der Waals surface area contributed by atoms with Crippen LogP contribution in [0.5, 0.6) is 0 Å². The number of hydrogen-bond acceptors (Lipinski definition) is 5. The highest BCUT2D eigenvalue weighted by atomic mass is 16.5. The van der Waals surface area contributed by atoms with E-state index in [-0.39, 0.29) is 5.91 Å². The van der Waals surface area contributed by atoms with Crippen molar-refractivity contribution in [2.75, 3.05) is 19.0 Å². The number of hydrogen-bond donors (Lipinski definition) is 3. The van der Waals surface area contributed by atoms with E-state index in [1.54, 1.807) is 18.2 Å². The van der Waals surface area contributed by atoms with Crippen LogP contribution in [0.25, 0.3) is 0 Å². The second kappa shape index (κ2) is 7.27. The first-order valence-electron chi connectivity index (χ1n) is 7.52. The molecule has 1 aromatic rings. The van der Waals surface area contributed by atoms with Crippen LogP contribution in [0, 0.1) is 11.8 Å². The van der Waals surface area contributed by atoms with Gasteiger partial charge >= 0.3 is 5.97 Å². The van der Waals surface area contributed by atoms with Gasteiger partial charge < -0.3 is 21.5 Å². The Morgan fingerprint density at radius 2 is 2.13 bits per heavy atom.